The van der Waals surface area contributed by atoms with Crippen molar-refractivity contribution in [2.24, 2.45) is 5.73 Å². The summed E-state index contributed by atoms with van der Waals surface area (Å²) in [6.07, 6.45) is 7.73. The van der Waals surface area contributed by atoms with Crippen LogP contribution in [0.5, 0.6) is 5.75 Å². The number of primary amides is 1. The SMILES string of the molecule is CCS(=O)(=O)Nc1ccc(-c2[nH]nc(Nc3cnccn3)c2C(N)=O)cc1OCc1ccncc1. The highest BCUT2D eigenvalue weighted by Crippen LogP contribution is 2.35. The number of benzene rings is 1. The third-order valence-electron chi connectivity index (χ3n) is 4.88. The van der Waals surface area contributed by atoms with Crippen LogP contribution in [-0.4, -0.2) is 45.2 Å². The van der Waals surface area contributed by atoms with Crippen LogP contribution in [0, 0.1) is 0 Å². The van der Waals surface area contributed by atoms with Gasteiger partial charge in [-0.15, -0.1) is 0 Å². The van der Waals surface area contributed by atoms with Gasteiger partial charge >= 0.3 is 0 Å². The second-order valence-corrected chi connectivity index (χ2v) is 9.27. The van der Waals surface area contributed by atoms with Crippen LogP contribution in [0.1, 0.15) is 22.8 Å². The van der Waals surface area contributed by atoms with Gasteiger partial charge in [-0.2, -0.15) is 5.10 Å². The summed E-state index contributed by atoms with van der Waals surface area (Å²) in [6, 6.07) is 8.33. The molecule has 0 atom stereocenters. The summed E-state index contributed by atoms with van der Waals surface area (Å²) in [6.45, 7) is 1.70. The zero-order valence-electron chi connectivity index (χ0n) is 18.6. The van der Waals surface area contributed by atoms with Crippen LogP contribution in [0.25, 0.3) is 11.3 Å². The number of hydrogen-bond acceptors (Lipinski definition) is 9. The summed E-state index contributed by atoms with van der Waals surface area (Å²) in [7, 11) is -3.56. The van der Waals surface area contributed by atoms with E-state index in [2.05, 4.69) is 35.2 Å². The van der Waals surface area contributed by atoms with Crippen molar-refractivity contribution >= 4 is 33.3 Å². The number of hydrogen-bond donors (Lipinski definition) is 4. The Morgan fingerprint density at radius 1 is 1.11 bits per heavy atom. The number of pyridine rings is 1. The number of amides is 1. The Bertz CT molecular complexity index is 1430. The Morgan fingerprint density at radius 2 is 1.91 bits per heavy atom. The summed E-state index contributed by atoms with van der Waals surface area (Å²) < 4.78 is 32.9. The molecule has 180 valence electrons. The van der Waals surface area contributed by atoms with Crippen molar-refractivity contribution in [2.45, 2.75) is 13.5 Å². The minimum atomic E-state index is -3.56. The van der Waals surface area contributed by atoms with E-state index in [0.717, 1.165) is 5.56 Å². The van der Waals surface area contributed by atoms with E-state index in [9.17, 15) is 13.2 Å². The number of ether oxygens (including phenoxy) is 1. The molecule has 13 heteroatoms. The third-order valence-corrected chi connectivity index (χ3v) is 6.17. The van der Waals surface area contributed by atoms with E-state index in [1.165, 1.54) is 25.5 Å². The number of carbonyl (C=O) groups is 1. The lowest BCUT2D eigenvalue weighted by molar-refractivity contribution is 0.100. The van der Waals surface area contributed by atoms with E-state index in [4.69, 9.17) is 10.5 Å². The molecule has 5 N–H and O–H groups in total. The van der Waals surface area contributed by atoms with E-state index < -0.39 is 15.9 Å². The molecule has 3 aromatic heterocycles. The average molecular weight is 495 g/mol. The number of nitrogens with two attached hydrogens (primary N) is 1. The molecule has 0 aliphatic rings. The fourth-order valence-electron chi connectivity index (χ4n) is 3.13. The van der Waals surface area contributed by atoms with Gasteiger partial charge in [0.25, 0.3) is 5.91 Å². The summed E-state index contributed by atoms with van der Waals surface area (Å²) in [5.74, 6) is -0.0378. The molecule has 35 heavy (non-hydrogen) atoms. The molecule has 1 aromatic carbocycles. The fraction of sp³-hybridized carbons (Fsp3) is 0.136. The maximum absolute atomic E-state index is 12.3. The Balaban J connectivity index is 1.72. The number of rotatable bonds is 10. The highest BCUT2D eigenvalue weighted by atomic mass is 32.2. The molecule has 0 saturated heterocycles. The monoisotopic (exact) mass is 494 g/mol. The Kier molecular flexibility index (Phi) is 6.87. The molecule has 0 spiro atoms. The molecule has 12 nitrogen and oxygen atoms in total. The molecule has 4 rings (SSSR count). The summed E-state index contributed by atoms with van der Waals surface area (Å²) in [5, 5.41) is 9.88. The number of H-pyrrole nitrogens is 1. The number of aromatic nitrogens is 5. The summed E-state index contributed by atoms with van der Waals surface area (Å²) in [5.41, 5.74) is 7.66. The van der Waals surface area contributed by atoms with Gasteiger partial charge in [0.2, 0.25) is 10.0 Å². The molecular formula is C22H22N8O4S. The van der Waals surface area contributed by atoms with Gasteiger partial charge in [0.1, 0.15) is 23.7 Å². The highest BCUT2D eigenvalue weighted by Gasteiger charge is 2.22. The molecule has 0 bridgehead atoms. The second kappa shape index (κ2) is 10.2. The van der Waals surface area contributed by atoms with Gasteiger partial charge in [-0.3, -0.25) is 24.6 Å². The van der Waals surface area contributed by atoms with Crippen molar-refractivity contribution in [1.82, 2.24) is 25.1 Å². The first-order valence-corrected chi connectivity index (χ1v) is 12.1. The lowest BCUT2D eigenvalue weighted by Crippen LogP contribution is -2.15. The van der Waals surface area contributed by atoms with Gasteiger partial charge in [-0.25, -0.2) is 13.4 Å². The summed E-state index contributed by atoms with van der Waals surface area (Å²) in [4.78, 5) is 24.4. The molecule has 1 amide bonds. The van der Waals surface area contributed by atoms with Gasteiger partial charge in [0.15, 0.2) is 5.82 Å². The van der Waals surface area contributed by atoms with Crippen LogP contribution in [0.4, 0.5) is 17.3 Å². The van der Waals surface area contributed by atoms with Crippen LogP contribution in [0.15, 0.2) is 61.3 Å². The van der Waals surface area contributed by atoms with Gasteiger partial charge in [0.05, 0.1) is 23.3 Å². The average Bonchev–Trinajstić information content (AvgIpc) is 3.28. The minimum Gasteiger partial charge on any atom is -0.487 e. The molecule has 0 unspecified atom stereocenters. The van der Waals surface area contributed by atoms with Crippen molar-refractivity contribution in [2.75, 3.05) is 15.8 Å². The highest BCUT2D eigenvalue weighted by molar-refractivity contribution is 7.92. The molecule has 0 saturated carbocycles. The largest absolute Gasteiger partial charge is 0.487 e. The zero-order valence-corrected chi connectivity index (χ0v) is 19.4. The molecule has 0 radical (unpaired) electrons. The van der Waals surface area contributed by atoms with E-state index in [1.807, 2.05) is 0 Å². The Hall–Kier alpha value is -4.52. The second-order valence-electron chi connectivity index (χ2n) is 7.26. The topological polar surface area (TPSA) is 178 Å². The van der Waals surface area contributed by atoms with Crippen molar-refractivity contribution in [1.29, 1.82) is 0 Å². The Labute approximate surface area is 201 Å². The third kappa shape index (κ3) is 5.70. The summed E-state index contributed by atoms with van der Waals surface area (Å²) >= 11 is 0. The minimum absolute atomic E-state index is 0.0950. The smallest absolute Gasteiger partial charge is 0.254 e. The predicted molar refractivity (Wildman–Crippen MR) is 130 cm³/mol. The molecule has 4 aromatic rings. The maximum atomic E-state index is 12.3. The number of aromatic amines is 1. The Morgan fingerprint density at radius 3 is 2.60 bits per heavy atom. The fourth-order valence-corrected chi connectivity index (χ4v) is 3.78. The van der Waals surface area contributed by atoms with Crippen LogP contribution in [-0.2, 0) is 16.6 Å². The van der Waals surface area contributed by atoms with Crippen molar-refractivity contribution < 1.29 is 17.9 Å². The molecule has 0 aliphatic heterocycles. The molecule has 0 fully saturated rings. The van der Waals surface area contributed by atoms with Gasteiger partial charge in [-0.1, -0.05) is 6.07 Å². The van der Waals surface area contributed by atoms with Crippen molar-refractivity contribution in [3.8, 4) is 17.0 Å². The number of sulfonamides is 1. The number of carbonyl (C=O) groups excluding carboxylic acids is 1. The van der Waals surface area contributed by atoms with Crippen molar-refractivity contribution in [3.05, 3.63) is 72.4 Å². The molecular weight excluding hydrogens is 472 g/mol. The standard InChI is InChI=1S/C22H22N8O4S/c1-2-35(32,33)30-16-4-3-15(11-17(16)34-13-14-5-7-24-8-6-14)20-19(21(23)31)22(29-28-20)27-18-12-25-9-10-26-18/h3-12,30H,2,13H2,1H3,(H2,23,31)(H2,26,27,28,29). The maximum Gasteiger partial charge on any atom is 0.254 e. The lowest BCUT2D eigenvalue weighted by Gasteiger charge is -2.15. The van der Waals surface area contributed by atoms with E-state index in [0.29, 0.717) is 17.1 Å². The first kappa shape index (κ1) is 23.6. The normalized spacial score (nSPS) is 11.1. The van der Waals surface area contributed by atoms with E-state index in [-0.39, 0.29) is 35.2 Å². The first-order chi connectivity index (χ1) is 16.9. The van der Waals surface area contributed by atoms with Crippen LogP contribution in [0.3, 0.4) is 0 Å². The van der Waals surface area contributed by atoms with Gasteiger partial charge in [0, 0.05) is 30.4 Å². The van der Waals surface area contributed by atoms with Gasteiger partial charge < -0.3 is 15.8 Å². The number of nitrogens with one attached hydrogen (secondary N) is 3. The molecule has 3 heterocycles. The number of nitrogens with zero attached hydrogens (tertiary/aromatic N) is 4. The molecule has 0 aliphatic carbocycles. The number of anilines is 3. The van der Waals surface area contributed by atoms with Crippen molar-refractivity contribution in [3.63, 3.8) is 0 Å². The van der Waals surface area contributed by atoms with E-state index >= 15 is 0 Å². The lowest BCUT2D eigenvalue weighted by atomic mass is 10.1. The van der Waals surface area contributed by atoms with Crippen LogP contribution < -0.4 is 20.5 Å². The van der Waals surface area contributed by atoms with Gasteiger partial charge in [-0.05, 0) is 36.8 Å². The predicted octanol–water partition coefficient (Wildman–Crippen LogP) is 2.44. The quantitative estimate of drug-likeness (QED) is 0.258. The zero-order chi connectivity index (χ0) is 24.8. The van der Waals surface area contributed by atoms with Crippen LogP contribution in [0.2, 0.25) is 0 Å². The van der Waals surface area contributed by atoms with E-state index in [1.54, 1.807) is 42.7 Å². The first-order valence-electron chi connectivity index (χ1n) is 10.4. The van der Waals surface area contributed by atoms with Crippen LogP contribution >= 0.6 is 0 Å².